The van der Waals surface area contributed by atoms with Crippen molar-refractivity contribution >= 4 is 0 Å². The van der Waals surface area contributed by atoms with Crippen molar-refractivity contribution in [2.75, 3.05) is 0 Å². The number of nitrogens with two attached hydrogens (primary N) is 1. The summed E-state index contributed by atoms with van der Waals surface area (Å²) in [6.45, 7) is 0. The van der Waals surface area contributed by atoms with Gasteiger partial charge in [0, 0.05) is 6.42 Å². The lowest BCUT2D eigenvalue weighted by molar-refractivity contribution is 0.176. The number of hydrazine groups is 2. The fourth-order valence-corrected chi connectivity index (χ4v) is 1.52. The third-order valence-electron chi connectivity index (χ3n) is 2.36. The molecule has 1 aliphatic rings. The fourth-order valence-electron chi connectivity index (χ4n) is 1.52. The van der Waals surface area contributed by atoms with Crippen LogP contribution in [0.1, 0.15) is 5.56 Å². The molecule has 0 bridgehead atoms. The van der Waals surface area contributed by atoms with Crippen molar-refractivity contribution in [1.82, 2.24) is 10.5 Å². The topological polar surface area (TPSA) is 41.3 Å². The van der Waals surface area contributed by atoms with Gasteiger partial charge in [0.05, 0.1) is 5.57 Å². The molecule has 1 heterocycles. The molecule has 0 atom stereocenters. The van der Waals surface area contributed by atoms with Crippen LogP contribution < -0.4 is 11.3 Å². The molecule has 6 heteroatoms. The SMILES string of the molecule is NN1NC(F)=C(F)C(Cc2ccccc2)=C1F. The third-order valence-corrected chi connectivity index (χ3v) is 2.36. The summed E-state index contributed by atoms with van der Waals surface area (Å²) in [4.78, 5) is 0. The summed E-state index contributed by atoms with van der Waals surface area (Å²) in [5.74, 6) is 1.54. The Bertz CT molecular complexity index is 482. The summed E-state index contributed by atoms with van der Waals surface area (Å²) in [6.07, 6.45) is -0.0681. The molecule has 0 amide bonds. The quantitative estimate of drug-likeness (QED) is 0.616. The zero-order valence-electron chi connectivity index (χ0n) is 8.75. The van der Waals surface area contributed by atoms with E-state index in [2.05, 4.69) is 0 Å². The third kappa shape index (κ3) is 2.26. The second-order valence-corrected chi connectivity index (χ2v) is 3.54. The van der Waals surface area contributed by atoms with Gasteiger partial charge in [0.1, 0.15) is 0 Å². The van der Waals surface area contributed by atoms with Crippen molar-refractivity contribution in [2.45, 2.75) is 6.42 Å². The van der Waals surface area contributed by atoms with E-state index in [1.807, 2.05) is 0 Å². The van der Waals surface area contributed by atoms with Gasteiger partial charge in [0.15, 0.2) is 5.83 Å². The van der Waals surface area contributed by atoms with Crippen molar-refractivity contribution < 1.29 is 13.2 Å². The van der Waals surface area contributed by atoms with E-state index >= 15 is 0 Å². The van der Waals surface area contributed by atoms with Gasteiger partial charge in [-0.1, -0.05) is 30.3 Å². The maximum Gasteiger partial charge on any atom is 0.243 e. The Morgan fingerprint density at radius 1 is 1.12 bits per heavy atom. The largest absolute Gasteiger partial charge is 0.254 e. The summed E-state index contributed by atoms with van der Waals surface area (Å²) < 4.78 is 40.0. The van der Waals surface area contributed by atoms with Gasteiger partial charge in [0.2, 0.25) is 11.9 Å². The first-order chi connectivity index (χ1) is 8.09. The van der Waals surface area contributed by atoms with Crippen LogP contribution >= 0.6 is 0 Å². The van der Waals surface area contributed by atoms with Crippen LogP contribution in [0, 0.1) is 0 Å². The number of halogens is 3. The molecule has 17 heavy (non-hydrogen) atoms. The van der Waals surface area contributed by atoms with Gasteiger partial charge in [-0.15, -0.1) is 0 Å². The van der Waals surface area contributed by atoms with Gasteiger partial charge in [-0.25, -0.2) is 10.2 Å². The monoisotopic (exact) mass is 241 g/mol. The molecule has 1 aliphatic heterocycles. The molecule has 3 N–H and O–H groups in total. The second-order valence-electron chi connectivity index (χ2n) is 3.54. The number of rotatable bonds is 2. The van der Waals surface area contributed by atoms with Crippen molar-refractivity contribution in [3.8, 4) is 0 Å². The van der Waals surface area contributed by atoms with Crippen LogP contribution in [0.25, 0.3) is 0 Å². The molecule has 0 saturated carbocycles. The Morgan fingerprint density at radius 2 is 1.76 bits per heavy atom. The van der Waals surface area contributed by atoms with Crippen LogP contribution in [0.15, 0.2) is 53.6 Å². The highest BCUT2D eigenvalue weighted by Crippen LogP contribution is 2.28. The van der Waals surface area contributed by atoms with Gasteiger partial charge in [-0.3, -0.25) is 5.43 Å². The lowest BCUT2D eigenvalue weighted by Crippen LogP contribution is -2.43. The number of nitrogens with zero attached hydrogens (tertiary/aromatic N) is 1. The van der Waals surface area contributed by atoms with Crippen LogP contribution in [0.3, 0.4) is 0 Å². The van der Waals surface area contributed by atoms with Crippen molar-refractivity contribution in [3.05, 3.63) is 59.2 Å². The highest BCUT2D eigenvalue weighted by Gasteiger charge is 2.26. The number of hydrogen-bond donors (Lipinski definition) is 2. The zero-order chi connectivity index (χ0) is 12.4. The molecule has 1 aromatic carbocycles. The van der Waals surface area contributed by atoms with Crippen LogP contribution in [0.5, 0.6) is 0 Å². The van der Waals surface area contributed by atoms with Gasteiger partial charge in [0.25, 0.3) is 0 Å². The molecule has 90 valence electrons. The van der Waals surface area contributed by atoms with E-state index in [1.165, 1.54) is 0 Å². The molecule has 0 fully saturated rings. The van der Waals surface area contributed by atoms with Gasteiger partial charge < -0.3 is 0 Å². The molecule has 0 aliphatic carbocycles. The lowest BCUT2D eigenvalue weighted by Gasteiger charge is -2.24. The van der Waals surface area contributed by atoms with Crippen molar-refractivity contribution in [1.29, 1.82) is 0 Å². The average Bonchev–Trinajstić information content (AvgIpc) is 2.33. The molecule has 0 aromatic heterocycles. The van der Waals surface area contributed by atoms with Crippen LogP contribution in [-0.4, -0.2) is 5.12 Å². The summed E-state index contributed by atoms with van der Waals surface area (Å²) in [6, 6.07) is 8.61. The Morgan fingerprint density at radius 3 is 2.41 bits per heavy atom. The summed E-state index contributed by atoms with van der Waals surface area (Å²) >= 11 is 0. The zero-order valence-corrected chi connectivity index (χ0v) is 8.75. The van der Waals surface area contributed by atoms with E-state index in [-0.39, 0.29) is 6.42 Å². The average molecular weight is 241 g/mol. The van der Waals surface area contributed by atoms with Gasteiger partial charge in [-0.2, -0.15) is 13.9 Å². The van der Waals surface area contributed by atoms with Crippen LogP contribution in [0.2, 0.25) is 0 Å². The normalized spacial score (nSPS) is 16.4. The molecule has 2 rings (SSSR count). The van der Waals surface area contributed by atoms with Gasteiger partial charge >= 0.3 is 0 Å². The van der Waals surface area contributed by atoms with E-state index < -0.39 is 23.3 Å². The van der Waals surface area contributed by atoms with E-state index in [0.29, 0.717) is 10.7 Å². The maximum absolute atomic E-state index is 13.5. The minimum Gasteiger partial charge on any atom is -0.254 e. The fraction of sp³-hybridized carbons (Fsp3) is 0.0909. The standard InChI is InChI=1S/C11H10F3N3/c12-9-8(6-7-4-2-1-3-5-7)11(14)17(15)16-10(9)13/h1-5,16H,6,15H2. The smallest absolute Gasteiger partial charge is 0.243 e. The first kappa shape index (κ1) is 11.5. The highest BCUT2D eigenvalue weighted by molar-refractivity contribution is 5.36. The molecule has 0 spiro atoms. The number of hydrogen-bond acceptors (Lipinski definition) is 3. The summed E-state index contributed by atoms with van der Waals surface area (Å²) in [7, 11) is 0. The number of nitrogens with one attached hydrogen (secondary N) is 1. The van der Waals surface area contributed by atoms with Gasteiger partial charge in [-0.05, 0) is 5.56 Å². The molecular formula is C11H10F3N3. The molecule has 1 aromatic rings. The molecule has 0 unspecified atom stereocenters. The highest BCUT2D eigenvalue weighted by atomic mass is 19.2. The number of benzene rings is 1. The van der Waals surface area contributed by atoms with Crippen molar-refractivity contribution in [3.63, 3.8) is 0 Å². The molecular weight excluding hydrogens is 231 g/mol. The molecule has 0 saturated heterocycles. The number of allylic oxidation sites excluding steroid dienone is 2. The first-order valence-corrected chi connectivity index (χ1v) is 4.89. The van der Waals surface area contributed by atoms with E-state index in [4.69, 9.17) is 5.84 Å². The summed E-state index contributed by atoms with van der Waals surface area (Å²) in [5, 5.41) is 0.316. The van der Waals surface area contributed by atoms with Crippen LogP contribution in [0.4, 0.5) is 13.2 Å². The van der Waals surface area contributed by atoms with Crippen LogP contribution in [-0.2, 0) is 6.42 Å². The Hall–Kier alpha value is -1.95. The van der Waals surface area contributed by atoms with E-state index in [0.717, 1.165) is 0 Å². The molecule has 0 radical (unpaired) electrons. The maximum atomic E-state index is 13.5. The van der Waals surface area contributed by atoms with E-state index in [9.17, 15) is 13.2 Å². The lowest BCUT2D eigenvalue weighted by atomic mass is 10.0. The summed E-state index contributed by atoms with van der Waals surface area (Å²) in [5.41, 5.74) is 1.97. The first-order valence-electron chi connectivity index (χ1n) is 4.89. The Kier molecular flexibility index (Phi) is 3.06. The predicted molar refractivity (Wildman–Crippen MR) is 56.7 cm³/mol. The Balaban J connectivity index is 2.33. The molecule has 3 nitrogen and oxygen atoms in total. The second kappa shape index (κ2) is 4.50. The van der Waals surface area contributed by atoms with E-state index in [1.54, 1.807) is 35.8 Å². The Labute approximate surface area is 96.0 Å². The van der Waals surface area contributed by atoms with Crippen molar-refractivity contribution in [2.24, 2.45) is 5.84 Å². The minimum atomic E-state index is -1.29. The predicted octanol–water partition coefficient (Wildman–Crippen LogP) is 2.21. The minimum absolute atomic E-state index is 0.0681.